The number of rotatable bonds is 4. The third-order valence-electron chi connectivity index (χ3n) is 2.68. The largest absolute Gasteiger partial charge is 0.300 e. The maximum absolute atomic E-state index is 12.3. The predicted molar refractivity (Wildman–Crippen MR) is 64.5 cm³/mol. The summed E-state index contributed by atoms with van der Waals surface area (Å²) in [5, 5.41) is 0. The van der Waals surface area contributed by atoms with E-state index in [-0.39, 0.29) is 18.0 Å². The number of hydrogen-bond acceptors (Lipinski definition) is 4. The van der Waals surface area contributed by atoms with E-state index in [0.717, 1.165) is 17.1 Å². The molecular weight excluding hydrogens is 234 g/mol. The minimum atomic E-state index is -1.00. The van der Waals surface area contributed by atoms with Crippen LogP contribution in [0.25, 0.3) is 0 Å². The lowest BCUT2D eigenvalue weighted by molar-refractivity contribution is -0.148. The highest BCUT2D eigenvalue weighted by molar-refractivity contribution is 6.16. The number of Topliss-reactive ketones (excluding diaryl/α,β-unsaturated/α-hetero) is 2. The first kappa shape index (κ1) is 14.3. The van der Waals surface area contributed by atoms with Crippen LogP contribution in [0.5, 0.6) is 0 Å². The van der Waals surface area contributed by atoms with Crippen LogP contribution in [0.15, 0.2) is 12.2 Å². The number of carbonyl (C=O) groups is 4. The second kappa shape index (κ2) is 4.84. The van der Waals surface area contributed by atoms with Crippen molar-refractivity contribution in [2.24, 2.45) is 5.41 Å². The predicted octanol–water partition coefficient (Wildman–Crippen LogP) is 0.874. The number of ketones is 2. The summed E-state index contributed by atoms with van der Waals surface area (Å²) in [6.45, 7) is 6.42. The maximum Gasteiger partial charge on any atom is 0.254 e. The molecule has 0 aromatic rings. The summed E-state index contributed by atoms with van der Waals surface area (Å²) in [5.74, 6) is -1.60. The Bertz CT molecular complexity index is 424. The Kier molecular flexibility index (Phi) is 3.84. The number of nitrogens with zero attached hydrogens (tertiary/aromatic N) is 1. The van der Waals surface area contributed by atoms with Crippen molar-refractivity contribution in [3.8, 4) is 0 Å². The summed E-state index contributed by atoms with van der Waals surface area (Å²) >= 11 is 0. The van der Waals surface area contributed by atoms with Gasteiger partial charge in [0.2, 0.25) is 0 Å². The average molecular weight is 251 g/mol. The van der Waals surface area contributed by atoms with Crippen LogP contribution in [-0.4, -0.2) is 34.3 Å². The summed E-state index contributed by atoms with van der Waals surface area (Å²) in [4.78, 5) is 47.5. The summed E-state index contributed by atoms with van der Waals surface area (Å²) in [6.07, 6.45) is 2.10. The third kappa shape index (κ3) is 2.91. The molecule has 18 heavy (non-hydrogen) atoms. The molecule has 0 saturated carbocycles. The van der Waals surface area contributed by atoms with E-state index >= 15 is 0 Å². The van der Waals surface area contributed by atoms with Crippen LogP contribution >= 0.6 is 0 Å². The lowest BCUT2D eigenvalue weighted by Gasteiger charge is -2.29. The normalized spacial score (nSPS) is 17.2. The molecular formula is C13H17NO4. The first-order valence-electron chi connectivity index (χ1n) is 5.73. The molecule has 1 aliphatic rings. The van der Waals surface area contributed by atoms with Gasteiger partial charge in [0.15, 0.2) is 5.78 Å². The smallest absolute Gasteiger partial charge is 0.254 e. The van der Waals surface area contributed by atoms with Crippen LogP contribution in [-0.2, 0) is 19.2 Å². The molecule has 2 amide bonds. The minimum Gasteiger partial charge on any atom is -0.300 e. The fourth-order valence-electron chi connectivity index (χ4n) is 1.79. The van der Waals surface area contributed by atoms with Crippen LogP contribution in [0, 0.1) is 5.41 Å². The lowest BCUT2D eigenvalue weighted by atomic mass is 9.84. The van der Waals surface area contributed by atoms with Crippen LogP contribution in [0.4, 0.5) is 0 Å². The van der Waals surface area contributed by atoms with Gasteiger partial charge in [-0.1, -0.05) is 20.8 Å². The van der Waals surface area contributed by atoms with Gasteiger partial charge in [-0.15, -0.1) is 0 Å². The zero-order valence-electron chi connectivity index (χ0n) is 11.0. The highest BCUT2D eigenvalue weighted by Gasteiger charge is 2.40. The Morgan fingerprint density at radius 1 is 1.17 bits per heavy atom. The third-order valence-corrected chi connectivity index (χ3v) is 2.68. The Labute approximate surface area is 106 Å². The van der Waals surface area contributed by atoms with Crippen molar-refractivity contribution in [1.82, 2.24) is 4.90 Å². The summed E-state index contributed by atoms with van der Waals surface area (Å²) in [7, 11) is 0. The van der Waals surface area contributed by atoms with Crippen molar-refractivity contribution in [3.05, 3.63) is 12.2 Å². The van der Waals surface area contributed by atoms with Crippen LogP contribution in [0.3, 0.4) is 0 Å². The number of carbonyl (C=O) groups excluding carboxylic acids is 4. The molecule has 0 spiro atoms. The van der Waals surface area contributed by atoms with E-state index in [4.69, 9.17) is 0 Å². The standard InChI is InChI=1S/C13H17NO4/c1-8(15)7-9(12(18)13(2,3)4)14-10(16)5-6-11(14)17/h5-6,9H,7H2,1-4H3. The molecule has 0 fully saturated rings. The van der Waals surface area contributed by atoms with Gasteiger partial charge in [-0.2, -0.15) is 0 Å². The van der Waals surface area contributed by atoms with Gasteiger partial charge in [0.25, 0.3) is 11.8 Å². The Hall–Kier alpha value is -1.78. The Morgan fingerprint density at radius 3 is 1.94 bits per heavy atom. The van der Waals surface area contributed by atoms with Gasteiger partial charge in [-0.3, -0.25) is 24.1 Å². The van der Waals surface area contributed by atoms with E-state index < -0.39 is 23.3 Å². The zero-order valence-corrected chi connectivity index (χ0v) is 11.0. The van der Waals surface area contributed by atoms with Gasteiger partial charge in [-0.05, 0) is 6.92 Å². The minimum absolute atomic E-state index is 0.130. The molecule has 1 aliphatic heterocycles. The highest BCUT2D eigenvalue weighted by Crippen LogP contribution is 2.24. The summed E-state index contributed by atoms with van der Waals surface area (Å²) < 4.78 is 0. The molecule has 0 aliphatic carbocycles. The van der Waals surface area contributed by atoms with Crippen LogP contribution in [0.2, 0.25) is 0 Å². The zero-order chi connectivity index (χ0) is 14.1. The molecule has 0 aromatic heterocycles. The van der Waals surface area contributed by atoms with Crippen LogP contribution < -0.4 is 0 Å². The van der Waals surface area contributed by atoms with E-state index in [2.05, 4.69) is 0 Å². The SMILES string of the molecule is CC(=O)CC(C(=O)C(C)(C)C)N1C(=O)C=CC1=O. The van der Waals surface area contributed by atoms with Crippen molar-refractivity contribution < 1.29 is 19.2 Å². The molecule has 1 rings (SSSR count). The van der Waals surface area contributed by atoms with E-state index in [1.807, 2.05) is 0 Å². The quantitative estimate of drug-likeness (QED) is 0.695. The van der Waals surface area contributed by atoms with Crippen molar-refractivity contribution in [2.45, 2.75) is 40.2 Å². The molecule has 0 radical (unpaired) electrons. The molecule has 0 N–H and O–H groups in total. The van der Waals surface area contributed by atoms with Crippen molar-refractivity contribution in [2.75, 3.05) is 0 Å². The highest BCUT2D eigenvalue weighted by atomic mass is 16.2. The van der Waals surface area contributed by atoms with Crippen LogP contribution in [0.1, 0.15) is 34.1 Å². The molecule has 1 heterocycles. The molecule has 0 saturated heterocycles. The lowest BCUT2D eigenvalue weighted by Crippen LogP contribution is -2.49. The number of imide groups is 1. The summed E-state index contributed by atoms with van der Waals surface area (Å²) in [5.41, 5.74) is -0.719. The van der Waals surface area contributed by atoms with Gasteiger partial charge in [0.05, 0.1) is 0 Å². The molecule has 0 aromatic carbocycles. The van der Waals surface area contributed by atoms with E-state index in [1.54, 1.807) is 20.8 Å². The van der Waals surface area contributed by atoms with Gasteiger partial charge >= 0.3 is 0 Å². The van der Waals surface area contributed by atoms with Gasteiger partial charge in [0, 0.05) is 24.0 Å². The molecule has 98 valence electrons. The topological polar surface area (TPSA) is 71.5 Å². The fraction of sp³-hybridized carbons (Fsp3) is 0.538. The average Bonchev–Trinajstić information content (AvgIpc) is 2.53. The van der Waals surface area contributed by atoms with Crippen molar-refractivity contribution in [3.63, 3.8) is 0 Å². The number of amides is 2. The van der Waals surface area contributed by atoms with Gasteiger partial charge < -0.3 is 0 Å². The molecule has 5 heteroatoms. The fourth-order valence-corrected chi connectivity index (χ4v) is 1.79. The second-order valence-corrected chi connectivity index (χ2v) is 5.42. The van der Waals surface area contributed by atoms with Gasteiger partial charge in [-0.25, -0.2) is 0 Å². The Morgan fingerprint density at radius 2 is 1.61 bits per heavy atom. The number of hydrogen-bond donors (Lipinski definition) is 0. The monoisotopic (exact) mass is 251 g/mol. The van der Waals surface area contributed by atoms with Crippen molar-refractivity contribution >= 4 is 23.4 Å². The van der Waals surface area contributed by atoms with E-state index in [1.165, 1.54) is 6.92 Å². The first-order valence-corrected chi connectivity index (χ1v) is 5.73. The van der Waals surface area contributed by atoms with E-state index in [0.29, 0.717) is 0 Å². The van der Waals surface area contributed by atoms with E-state index in [9.17, 15) is 19.2 Å². The molecule has 5 nitrogen and oxygen atoms in total. The maximum atomic E-state index is 12.3. The Balaban J connectivity index is 3.07. The molecule has 1 unspecified atom stereocenters. The second-order valence-electron chi connectivity index (χ2n) is 5.42. The molecule has 1 atom stereocenters. The van der Waals surface area contributed by atoms with Crippen molar-refractivity contribution in [1.29, 1.82) is 0 Å². The first-order chi connectivity index (χ1) is 8.14. The molecule has 0 bridgehead atoms. The summed E-state index contributed by atoms with van der Waals surface area (Å²) in [6, 6.07) is -1.00. The van der Waals surface area contributed by atoms with Gasteiger partial charge in [0.1, 0.15) is 11.8 Å².